The number of nitrogens with zero attached hydrogens (tertiary/aromatic N) is 1. The lowest BCUT2D eigenvalue weighted by Gasteiger charge is -2.26. The van der Waals surface area contributed by atoms with Gasteiger partial charge in [-0.1, -0.05) is 24.6 Å². The Bertz CT molecular complexity index is 703. The number of aromatic nitrogens is 1. The molecule has 2 bridgehead atoms. The van der Waals surface area contributed by atoms with Gasteiger partial charge in [-0.2, -0.15) is 0 Å². The Labute approximate surface area is 112 Å². The summed E-state index contributed by atoms with van der Waals surface area (Å²) in [5.41, 5.74) is 6.25. The number of nitrogen functional groups attached to an aromatic ring is 1. The van der Waals surface area contributed by atoms with Crippen molar-refractivity contribution in [1.82, 2.24) is 4.57 Å². The van der Waals surface area contributed by atoms with Crippen molar-refractivity contribution >= 4 is 16.6 Å². The van der Waals surface area contributed by atoms with Crippen LogP contribution in [0.1, 0.15) is 31.7 Å². The summed E-state index contributed by atoms with van der Waals surface area (Å²) in [5, 5.41) is 1.74. The molecule has 3 nitrogen and oxygen atoms in total. The lowest BCUT2D eigenvalue weighted by atomic mass is 9.94. The minimum atomic E-state index is 0.0909. The predicted octanol–water partition coefficient (Wildman–Crippen LogP) is 2.94. The summed E-state index contributed by atoms with van der Waals surface area (Å²) in [6, 6.07) is 10.0. The van der Waals surface area contributed by atoms with Crippen LogP contribution >= 0.6 is 0 Å². The van der Waals surface area contributed by atoms with Gasteiger partial charge in [0.2, 0.25) is 0 Å². The Morgan fingerprint density at radius 3 is 2.74 bits per heavy atom. The number of anilines is 1. The number of hydrogen-bond acceptors (Lipinski definition) is 2. The first-order valence-corrected chi connectivity index (χ1v) is 7.14. The molecule has 0 spiro atoms. The molecule has 0 radical (unpaired) electrons. The van der Waals surface area contributed by atoms with Gasteiger partial charge in [-0.05, 0) is 48.6 Å². The van der Waals surface area contributed by atoms with Crippen molar-refractivity contribution < 1.29 is 0 Å². The molecule has 2 N–H and O–H groups in total. The lowest BCUT2D eigenvalue weighted by molar-refractivity contribution is 0.327. The number of hydrogen-bond donors (Lipinski definition) is 1. The summed E-state index contributed by atoms with van der Waals surface area (Å²) in [4.78, 5) is 12.7. The maximum absolute atomic E-state index is 12.7. The predicted molar refractivity (Wildman–Crippen MR) is 77.1 cm³/mol. The second-order valence-electron chi connectivity index (χ2n) is 6.07. The maximum Gasteiger partial charge on any atom is 0.260 e. The zero-order valence-electron chi connectivity index (χ0n) is 10.9. The van der Waals surface area contributed by atoms with E-state index < -0.39 is 0 Å². The summed E-state index contributed by atoms with van der Waals surface area (Å²) < 4.78 is 1.87. The van der Waals surface area contributed by atoms with Gasteiger partial charge < -0.3 is 5.73 Å². The second-order valence-corrected chi connectivity index (χ2v) is 6.07. The van der Waals surface area contributed by atoms with E-state index in [1.54, 1.807) is 0 Å². The molecule has 1 aromatic heterocycles. The van der Waals surface area contributed by atoms with Crippen molar-refractivity contribution in [2.24, 2.45) is 11.8 Å². The van der Waals surface area contributed by atoms with Gasteiger partial charge in [0.15, 0.2) is 0 Å². The quantitative estimate of drug-likeness (QED) is 0.850. The maximum atomic E-state index is 12.7. The van der Waals surface area contributed by atoms with Gasteiger partial charge in [0.05, 0.1) is 0 Å². The third-order valence-electron chi connectivity index (χ3n) is 5.02. The molecule has 4 rings (SSSR count). The monoisotopic (exact) mass is 254 g/mol. The fourth-order valence-corrected chi connectivity index (χ4v) is 4.16. The number of nitrogens with two attached hydrogens (primary N) is 1. The average Bonchev–Trinajstić information content (AvgIpc) is 3.01. The Kier molecular flexibility index (Phi) is 2.25. The first-order chi connectivity index (χ1) is 9.24. The fourth-order valence-electron chi connectivity index (χ4n) is 4.16. The fraction of sp³-hybridized carbons (Fsp3) is 0.438. The van der Waals surface area contributed by atoms with Crippen molar-refractivity contribution in [2.45, 2.75) is 31.7 Å². The van der Waals surface area contributed by atoms with Crippen LogP contribution in [0.2, 0.25) is 0 Å². The molecule has 19 heavy (non-hydrogen) atoms. The van der Waals surface area contributed by atoms with Crippen LogP contribution in [0.4, 0.5) is 5.82 Å². The van der Waals surface area contributed by atoms with Gasteiger partial charge in [-0.3, -0.25) is 9.36 Å². The average molecular weight is 254 g/mol. The van der Waals surface area contributed by atoms with Crippen LogP contribution in [0.25, 0.3) is 10.8 Å². The number of fused-ring (bicyclic) bond motifs is 3. The van der Waals surface area contributed by atoms with Gasteiger partial charge >= 0.3 is 0 Å². The van der Waals surface area contributed by atoms with E-state index in [9.17, 15) is 4.79 Å². The molecule has 2 saturated carbocycles. The molecule has 3 atom stereocenters. The van der Waals surface area contributed by atoms with Gasteiger partial charge in [0.1, 0.15) is 5.82 Å². The zero-order chi connectivity index (χ0) is 13.0. The molecule has 3 heteroatoms. The molecule has 98 valence electrons. The van der Waals surface area contributed by atoms with E-state index >= 15 is 0 Å². The number of pyridine rings is 1. The van der Waals surface area contributed by atoms with Crippen LogP contribution in [0, 0.1) is 11.8 Å². The van der Waals surface area contributed by atoms with Gasteiger partial charge in [0.25, 0.3) is 5.56 Å². The highest BCUT2D eigenvalue weighted by Gasteiger charge is 2.41. The largest absolute Gasteiger partial charge is 0.385 e. The minimum Gasteiger partial charge on any atom is -0.385 e. The van der Waals surface area contributed by atoms with E-state index in [0.717, 1.165) is 23.1 Å². The molecule has 0 amide bonds. The minimum absolute atomic E-state index is 0.0909. The van der Waals surface area contributed by atoms with Crippen molar-refractivity contribution in [3.63, 3.8) is 0 Å². The third kappa shape index (κ3) is 1.54. The normalized spacial score (nSPS) is 29.2. The topological polar surface area (TPSA) is 48.0 Å². The SMILES string of the molecule is Nc1cc2ccccc2c(=O)n1C1CC2CCC1C2. The lowest BCUT2D eigenvalue weighted by Crippen LogP contribution is -2.30. The molecule has 2 fully saturated rings. The molecule has 0 saturated heterocycles. The molecule has 3 unspecified atom stereocenters. The Balaban J connectivity index is 1.92. The molecule has 2 aliphatic rings. The van der Waals surface area contributed by atoms with E-state index in [-0.39, 0.29) is 5.56 Å². The van der Waals surface area contributed by atoms with E-state index in [4.69, 9.17) is 5.73 Å². The second kappa shape index (κ2) is 3.86. The highest BCUT2D eigenvalue weighted by Crippen LogP contribution is 2.50. The van der Waals surface area contributed by atoms with Gasteiger partial charge in [-0.15, -0.1) is 0 Å². The summed E-state index contributed by atoms with van der Waals surface area (Å²) in [6.45, 7) is 0. The summed E-state index contributed by atoms with van der Waals surface area (Å²) in [6.07, 6.45) is 5.01. The van der Waals surface area contributed by atoms with Crippen LogP contribution < -0.4 is 11.3 Å². The third-order valence-corrected chi connectivity index (χ3v) is 5.02. The van der Waals surface area contributed by atoms with Crippen LogP contribution in [0.5, 0.6) is 0 Å². The highest BCUT2D eigenvalue weighted by molar-refractivity contribution is 5.83. The molecule has 2 aromatic rings. The van der Waals surface area contributed by atoms with Gasteiger partial charge in [0, 0.05) is 11.4 Å². The van der Waals surface area contributed by atoms with E-state index in [1.165, 1.54) is 19.3 Å². The Morgan fingerprint density at radius 1 is 1.16 bits per heavy atom. The van der Waals surface area contributed by atoms with Crippen molar-refractivity contribution in [3.8, 4) is 0 Å². The molecular weight excluding hydrogens is 236 g/mol. The first-order valence-electron chi connectivity index (χ1n) is 7.14. The van der Waals surface area contributed by atoms with E-state index in [1.807, 2.05) is 34.9 Å². The number of benzene rings is 1. The Morgan fingerprint density at radius 2 is 2.00 bits per heavy atom. The van der Waals surface area contributed by atoms with Crippen LogP contribution in [-0.4, -0.2) is 4.57 Å². The Hall–Kier alpha value is -1.77. The van der Waals surface area contributed by atoms with E-state index in [0.29, 0.717) is 17.8 Å². The summed E-state index contributed by atoms with van der Waals surface area (Å²) >= 11 is 0. The van der Waals surface area contributed by atoms with Crippen molar-refractivity contribution in [2.75, 3.05) is 5.73 Å². The number of rotatable bonds is 1. The molecule has 0 aliphatic heterocycles. The summed E-state index contributed by atoms with van der Waals surface area (Å²) in [7, 11) is 0. The van der Waals surface area contributed by atoms with Crippen molar-refractivity contribution in [1.29, 1.82) is 0 Å². The first kappa shape index (κ1) is 11.1. The standard InChI is InChI=1S/C16H18N2O/c17-15-9-11-3-1-2-4-13(11)16(19)18(15)14-8-10-5-6-12(14)7-10/h1-4,9-10,12,14H,5-8,17H2. The summed E-state index contributed by atoms with van der Waals surface area (Å²) in [5.74, 6) is 2.10. The molecule has 1 aromatic carbocycles. The van der Waals surface area contributed by atoms with Crippen LogP contribution in [-0.2, 0) is 0 Å². The molecular formula is C16H18N2O. The smallest absolute Gasteiger partial charge is 0.260 e. The molecule has 1 heterocycles. The van der Waals surface area contributed by atoms with Crippen LogP contribution in [0.15, 0.2) is 35.1 Å². The van der Waals surface area contributed by atoms with Gasteiger partial charge in [-0.25, -0.2) is 0 Å². The van der Waals surface area contributed by atoms with Crippen LogP contribution in [0.3, 0.4) is 0 Å². The van der Waals surface area contributed by atoms with Crippen molar-refractivity contribution in [3.05, 3.63) is 40.7 Å². The van der Waals surface area contributed by atoms with E-state index in [2.05, 4.69) is 0 Å². The molecule has 2 aliphatic carbocycles. The highest BCUT2D eigenvalue weighted by atomic mass is 16.1. The zero-order valence-corrected chi connectivity index (χ0v) is 10.9.